The largest absolute Gasteiger partial charge is 0.407 e. The third-order valence-corrected chi connectivity index (χ3v) is 2.13. The Hall–Kier alpha value is -1.71. The number of aryl methyl sites for hydroxylation is 1. The Balaban J connectivity index is 2.23. The molecular formula is C11H13N3O. The van der Waals surface area contributed by atoms with Crippen molar-refractivity contribution in [3.63, 3.8) is 0 Å². The summed E-state index contributed by atoms with van der Waals surface area (Å²) in [6.07, 6.45) is 9.22. The second-order valence-corrected chi connectivity index (χ2v) is 3.61. The van der Waals surface area contributed by atoms with Gasteiger partial charge in [-0.2, -0.15) is 4.99 Å². The van der Waals surface area contributed by atoms with Crippen molar-refractivity contribution in [3.05, 3.63) is 30.2 Å². The maximum Gasteiger partial charge on any atom is 0.343 e. The van der Waals surface area contributed by atoms with Crippen molar-refractivity contribution >= 4 is 11.7 Å². The van der Waals surface area contributed by atoms with E-state index in [1.54, 1.807) is 6.92 Å². The Morgan fingerprint density at radius 1 is 1.40 bits per heavy atom. The number of hydrogen-bond acceptors (Lipinski definition) is 4. The Morgan fingerprint density at radius 3 is 3.00 bits per heavy atom. The molecule has 0 N–H and O–H groups in total. The van der Waals surface area contributed by atoms with Gasteiger partial charge in [-0.1, -0.05) is 24.2 Å². The number of aromatic nitrogens is 2. The van der Waals surface area contributed by atoms with Gasteiger partial charge in [-0.3, -0.25) is 0 Å². The van der Waals surface area contributed by atoms with Gasteiger partial charge >= 0.3 is 6.01 Å². The first-order chi connectivity index (χ1) is 7.24. The number of aliphatic imine (C=N–C) groups is 1. The van der Waals surface area contributed by atoms with Crippen LogP contribution < -0.4 is 0 Å². The summed E-state index contributed by atoms with van der Waals surface area (Å²) >= 11 is 0. The van der Waals surface area contributed by atoms with E-state index in [1.165, 1.54) is 0 Å². The predicted molar refractivity (Wildman–Crippen MR) is 58.2 cm³/mol. The molecule has 78 valence electrons. The third kappa shape index (κ3) is 2.62. The highest BCUT2D eigenvalue weighted by molar-refractivity contribution is 6.05. The summed E-state index contributed by atoms with van der Waals surface area (Å²) < 4.78 is 5.18. The Labute approximate surface area is 88.4 Å². The number of hydrogen-bond donors (Lipinski definition) is 0. The third-order valence-electron chi connectivity index (χ3n) is 2.13. The van der Waals surface area contributed by atoms with Crippen LogP contribution in [0.5, 0.6) is 0 Å². The Morgan fingerprint density at radius 2 is 2.27 bits per heavy atom. The average Bonchev–Trinajstić information content (AvgIpc) is 2.48. The molecule has 1 aromatic rings. The molecule has 1 atom stereocenters. The molecule has 0 saturated carbocycles. The van der Waals surface area contributed by atoms with Crippen LogP contribution >= 0.6 is 0 Å². The zero-order valence-electron chi connectivity index (χ0n) is 8.84. The molecule has 0 aliphatic heterocycles. The van der Waals surface area contributed by atoms with E-state index < -0.39 is 0 Å². The van der Waals surface area contributed by atoms with Gasteiger partial charge in [-0.25, -0.2) is 0 Å². The summed E-state index contributed by atoms with van der Waals surface area (Å²) in [5.41, 5.74) is 0.850. The van der Waals surface area contributed by atoms with Crippen molar-refractivity contribution in [3.8, 4) is 0 Å². The zero-order valence-corrected chi connectivity index (χ0v) is 8.84. The lowest BCUT2D eigenvalue weighted by atomic mass is 10.1. The second kappa shape index (κ2) is 4.21. The molecule has 0 saturated heterocycles. The highest BCUT2D eigenvalue weighted by atomic mass is 16.4. The molecule has 1 aliphatic rings. The quantitative estimate of drug-likeness (QED) is 0.704. The minimum atomic E-state index is 0.311. The first-order valence-corrected chi connectivity index (χ1v) is 4.97. The monoisotopic (exact) mass is 203 g/mol. The second-order valence-electron chi connectivity index (χ2n) is 3.61. The van der Waals surface area contributed by atoms with Crippen molar-refractivity contribution in [1.82, 2.24) is 10.2 Å². The average molecular weight is 203 g/mol. The molecule has 15 heavy (non-hydrogen) atoms. The molecule has 4 nitrogen and oxygen atoms in total. The molecule has 0 radical (unpaired) electrons. The molecule has 0 spiro atoms. The van der Waals surface area contributed by atoms with Crippen molar-refractivity contribution < 1.29 is 4.42 Å². The standard InChI is InChI=1S/C11H13N3O/c1-8-4-3-5-10(7-6-8)12-11-14-13-9(2)15-11/h3,5-8H,4H2,1-2H3. The van der Waals surface area contributed by atoms with Crippen LogP contribution in [0.25, 0.3) is 0 Å². The lowest BCUT2D eigenvalue weighted by molar-refractivity contribution is 0.529. The Kier molecular flexibility index (Phi) is 2.76. The van der Waals surface area contributed by atoms with Crippen LogP contribution in [-0.2, 0) is 0 Å². The molecule has 0 bridgehead atoms. The minimum absolute atomic E-state index is 0.311. The fraction of sp³-hybridized carbons (Fsp3) is 0.364. The maximum atomic E-state index is 5.18. The van der Waals surface area contributed by atoms with Gasteiger partial charge in [0.05, 0.1) is 5.71 Å². The van der Waals surface area contributed by atoms with Crippen molar-refractivity contribution in [2.24, 2.45) is 10.9 Å². The molecule has 2 rings (SSSR count). The molecule has 1 aliphatic carbocycles. The van der Waals surface area contributed by atoms with Crippen LogP contribution in [0, 0.1) is 12.8 Å². The van der Waals surface area contributed by atoms with Crippen molar-refractivity contribution in [2.45, 2.75) is 20.3 Å². The van der Waals surface area contributed by atoms with E-state index in [4.69, 9.17) is 4.42 Å². The highest BCUT2D eigenvalue weighted by Gasteiger charge is 2.03. The first-order valence-electron chi connectivity index (χ1n) is 4.97. The Bertz CT molecular complexity index is 429. The summed E-state index contributed by atoms with van der Waals surface area (Å²) in [7, 11) is 0. The number of nitrogens with zero attached hydrogens (tertiary/aromatic N) is 3. The number of rotatable bonds is 1. The minimum Gasteiger partial charge on any atom is -0.407 e. The topological polar surface area (TPSA) is 51.3 Å². The van der Waals surface area contributed by atoms with E-state index in [2.05, 4.69) is 34.3 Å². The molecule has 0 amide bonds. The number of allylic oxidation sites excluding steroid dienone is 4. The van der Waals surface area contributed by atoms with E-state index in [0.717, 1.165) is 12.1 Å². The summed E-state index contributed by atoms with van der Waals surface area (Å²) in [4.78, 5) is 4.24. The van der Waals surface area contributed by atoms with Crippen LogP contribution in [0.2, 0.25) is 0 Å². The summed E-state index contributed by atoms with van der Waals surface area (Å²) in [6, 6.07) is 0.311. The summed E-state index contributed by atoms with van der Waals surface area (Å²) in [5.74, 6) is 1.09. The van der Waals surface area contributed by atoms with Crippen LogP contribution in [0.3, 0.4) is 0 Å². The van der Waals surface area contributed by atoms with Gasteiger partial charge < -0.3 is 4.42 Å². The van der Waals surface area contributed by atoms with Gasteiger partial charge in [0.2, 0.25) is 5.89 Å². The van der Waals surface area contributed by atoms with Crippen LogP contribution in [0.1, 0.15) is 19.2 Å². The molecule has 1 unspecified atom stereocenters. The van der Waals surface area contributed by atoms with E-state index in [9.17, 15) is 0 Å². The predicted octanol–water partition coefficient (Wildman–Crippen LogP) is 2.60. The maximum absolute atomic E-state index is 5.18. The van der Waals surface area contributed by atoms with Gasteiger partial charge in [0.15, 0.2) is 0 Å². The lowest BCUT2D eigenvalue weighted by Gasteiger charge is -1.95. The van der Waals surface area contributed by atoms with Crippen LogP contribution in [-0.4, -0.2) is 15.9 Å². The zero-order chi connectivity index (χ0) is 10.7. The fourth-order valence-electron chi connectivity index (χ4n) is 1.32. The van der Waals surface area contributed by atoms with E-state index in [1.807, 2.05) is 12.2 Å². The highest BCUT2D eigenvalue weighted by Crippen LogP contribution is 2.13. The molecular weight excluding hydrogens is 190 g/mol. The van der Waals surface area contributed by atoms with Gasteiger partial charge in [-0.05, 0) is 24.5 Å². The lowest BCUT2D eigenvalue weighted by Crippen LogP contribution is -1.86. The van der Waals surface area contributed by atoms with Gasteiger partial charge in [0, 0.05) is 6.92 Å². The van der Waals surface area contributed by atoms with Gasteiger partial charge in [0.25, 0.3) is 0 Å². The molecule has 0 aromatic carbocycles. The SMILES string of the molecule is Cc1nnc(N=C2C=CCC(C)C=C2)o1. The molecule has 1 aromatic heterocycles. The normalized spacial score (nSPS) is 23.3. The molecule has 0 fully saturated rings. The van der Waals surface area contributed by atoms with Crippen molar-refractivity contribution in [2.75, 3.05) is 0 Å². The fourth-order valence-corrected chi connectivity index (χ4v) is 1.32. The van der Waals surface area contributed by atoms with Crippen LogP contribution in [0.4, 0.5) is 6.01 Å². The van der Waals surface area contributed by atoms with Crippen molar-refractivity contribution in [1.29, 1.82) is 0 Å². The summed E-state index contributed by atoms with van der Waals surface area (Å²) in [5, 5.41) is 7.54. The van der Waals surface area contributed by atoms with E-state index in [-0.39, 0.29) is 0 Å². The summed E-state index contributed by atoms with van der Waals surface area (Å²) in [6.45, 7) is 3.91. The smallest absolute Gasteiger partial charge is 0.343 e. The molecule has 4 heteroatoms. The van der Waals surface area contributed by atoms with Crippen LogP contribution in [0.15, 0.2) is 33.7 Å². The van der Waals surface area contributed by atoms with E-state index in [0.29, 0.717) is 17.8 Å². The van der Waals surface area contributed by atoms with E-state index >= 15 is 0 Å². The van der Waals surface area contributed by atoms with Gasteiger partial charge in [0.1, 0.15) is 0 Å². The molecule has 1 heterocycles. The first kappa shape index (κ1) is 9.83. The van der Waals surface area contributed by atoms with Gasteiger partial charge in [-0.15, -0.1) is 5.10 Å².